The van der Waals surface area contributed by atoms with Crippen molar-refractivity contribution in [3.8, 4) is 11.5 Å². The summed E-state index contributed by atoms with van der Waals surface area (Å²) in [5.74, 6) is 1.03. The van der Waals surface area contributed by atoms with Gasteiger partial charge in [0.05, 0.1) is 0 Å². The maximum Gasteiger partial charge on any atom is 0.242 e. The number of hydrogen-bond acceptors (Lipinski definition) is 5. The zero-order valence-electron chi connectivity index (χ0n) is 12.7. The minimum absolute atomic E-state index is 0. The quantitative estimate of drug-likeness (QED) is 0.772. The molecular weight excluding hydrogens is 408 g/mol. The number of ether oxygens (including phenoxy) is 2. The maximum atomic E-state index is 12.7. The normalized spacial score (nSPS) is 23.9. The number of sulfonamides is 1. The Kier molecular flexibility index (Phi) is 6.18. The first kappa shape index (κ1) is 18.8. The Labute approximate surface area is 150 Å². The van der Waals surface area contributed by atoms with Gasteiger partial charge in [-0.05, 0) is 48.3 Å². The first-order valence-corrected chi connectivity index (χ1v) is 9.58. The van der Waals surface area contributed by atoms with Crippen molar-refractivity contribution in [3.63, 3.8) is 0 Å². The highest BCUT2D eigenvalue weighted by Crippen LogP contribution is 2.37. The smallest absolute Gasteiger partial charge is 0.242 e. The molecule has 0 saturated carbocycles. The summed E-state index contributed by atoms with van der Waals surface area (Å²) in [6, 6.07) is 3.42. The van der Waals surface area contributed by atoms with E-state index >= 15 is 0 Å². The zero-order chi connectivity index (χ0) is 15.7. The molecule has 0 spiro atoms. The second-order valence-corrected chi connectivity index (χ2v) is 8.16. The SMILES string of the molecule is CC1CC(NS(=O)(=O)c2cc3c(cc2Br)OCCO3)CCN1.Cl. The van der Waals surface area contributed by atoms with Crippen molar-refractivity contribution < 1.29 is 17.9 Å². The lowest BCUT2D eigenvalue weighted by atomic mass is 10.0. The summed E-state index contributed by atoms with van der Waals surface area (Å²) in [6.45, 7) is 3.77. The number of rotatable bonds is 3. The number of fused-ring (bicyclic) bond motifs is 1. The Morgan fingerprint density at radius 3 is 2.57 bits per heavy atom. The Morgan fingerprint density at radius 2 is 1.91 bits per heavy atom. The van der Waals surface area contributed by atoms with Gasteiger partial charge in [-0.15, -0.1) is 12.4 Å². The molecule has 1 saturated heterocycles. The summed E-state index contributed by atoms with van der Waals surface area (Å²) in [7, 11) is -3.61. The van der Waals surface area contributed by atoms with Crippen LogP contribution in [0.4, 0.5) is 0 Å². The third-order valence-electron chi connectivity index (χ3n) is 3.83. The Hall–Kier alpha value is -0.540. The van der Waals surface area contributed by atoms with Gasteiger partial charge in [0.1, 0.15) is 18.1 Å². The molecule has 0 radical (unpaired) electrons. The molecule has 2 heterocycles. The molecule has 3 rings (SSSR count). The van der Waals surface area contributed by atoms with Gasteiger partial charge in [-0.1, -0.05) is 0 Å². The van der Waals surface area contributed by atoms with E-state index in [9.17, 15) is 8.42 Å². The van der Waals surface area contributed by atoms with E-state index in [0.29, 0.717) is 35.2 Å². The van der Waals surface area contributed by atoms with Crippen LogP contribution in [0, 0.1) is 0 Å². The lowest BCUT2D eigenvalue weighted by Gasteiger charge is -2.28. The average molecular weight is 428 g/mol. The summed E-state index contributed by atoms with van der Waals surface area (Å²) in [5, 5.41) is 3.31. The largest absolute Gasteiger partial charge is 0.486 e. The molecule has 2 aliphatic rings. The number of benzene rings is 1. The van der Waals surface area contributed by atoms with Crippen LogP contribution in [-0.4, -0.2) is 40.3 Å². The summed E-state index contributed by atoms with van der Waals surface area (Å²) in [6.07, 6.45) is 1.56. The van der Waals surface area contributed by atoms with Crippen molar-refractivity contribution in [1.29, 1.82) is 0 Å². The van der Waals surface area contributed by atoms with E-state index in [4.69, 9.17) is 9.47 Å². The van der Waals surface area contributed by atoms with Crippen LogP contribution in [0.25, 0.3) is 0 Å². The molecule has 1 aromatic rings. The first-order valence-electron chi connectivity index (χ1n) is 7.30. The van der Waals surface area contributed by atoms with Crippen LogP contribution in [0.5, 0.6) is 11.5 Å². The van der Waals surface area contributed by atoms with E-state index in [2.05, 4.69) is 32.9 Å². The molecule has 2 unspecified atom stereocenters. The highest BCUT2D eigenvalue weighted by molar-refractivity contribution is 9.10. The molecule has 0 aromatic heterocycles. The predicted molar refractivity (Wildman–Crippen MR) is 93.2 cm³/mol. The second kappa shape index (κ2) is 7.57. The van der Waals surface area contributed by atoms with Crippen LogP contribution in [0.3, 0.4) is 0 Å². The molecule has 23 heavy (non-hydrogen) atoms. The fourth-order valence-corrected chi connectivity index (χ4v) is 5.09. The van der Waals surface area contributed by atoms with Gasteiger partial charge >= 0.3 is 0 Å². The van der Waals surface area contributed by atoms with Crippen LogP contribution in [-0.2, 0) is 10.0 Å². The number of halogens is 2. The lowest BCUT2D eigenvalue weighted by molar-refractivity contribution is 0.171. The molecule has 2 atom stereocenters. The summed E-state index contributed by atoms with van der Waals surface area (Å²) >= 11 is 3.32. The van der Waals surface area contributed by atoms with Crippen molar-refractivity contribution >= 4 is 38.4 Å². The van der Waals surface area contributed by atoms with Crippen LogP contribution in [0.1, 0.15) is 19.8 Å². The molecule has 130 valence electrons. The Balaban J connectivity index is 0.00000192. The molecule has 0 bridgehead atoms. The summed E-state index contributed by atoms with van der Waals surface area (Å²) < 4.78 is 39.5. The third kappa shape index (κ3) is 4.30. The van der Waals surface area contributed by atoms with Crippen molar-refractivity contribution in [1.82, 2.24) is 10.0 Å². The standard InChI is InChI=1S/C14H19BrN2O4S.ClH/c1-9-6-10(2-3-16-9)17-22(18,19)14-8-13-12(7-11(14)15)20-4-5-21-13;/h7-10,16-17H,2-6H2,1H3;1H. The highest BCUT2D eigenvalue weighted by Gasteiger charge is 2.27. The van der Waals surface area contributed by atoms with E-state index in [1.165, 1.54) is 6.07 Å². The van der Waals surface area contributed by atoms with Gasteiger partial charge in [0, 0.05) is 22.6 Å². The summed E-state index contributed by atoms with van der Waals surface area (Å²) in [5.41, 5.74) is 0. The van der Waals surface area contributed by atoms with Gasteiger partial charge in [0.2, 0.25) is 10.0 Å². The molecular formula is C14H20BrClN2O4S. The molecule has 2 N–H and O–H groups in total. The van der Waals surface area contributed by atoms with Crippen molar-refractivity contribution in [2.75, 3.05) is 19.8 Å². The lowest BCUT2D eigenvalue weighted by Crippen LogP contribution is -2.46. The first-order chi connectivity index (χ1) is 10.5. The molecule has 6 nitrogen and oxygen atoms in total. The Morgan fingerprint density at radius 1 is 1.26 bits per heavy atom. The van der Waals surface area contributed by atoms with Gasteiger partial charge < -0.3 is 14.8 Å². The monoisotopic (exact) mass is 426 g/mol. The van der Waals surface area contributed by atoms with Crippen LogP contribution in [0.2, 0.25) is 0 Å². The van der Waals surface area contributed by atoms with Gasteiger partial charge in [0.15, 0.2) is 11.5 Å². The number of piperidine rings is 1. The van der Waals surface area contributed by atoms with E-state index in [0.717, 1.165) is 19.4 Å². The van der Waals surface area contributed by atoms with Gasteiger partial charge in [-0.3, -0.25) is 0 Å². The number of nitrogens with one attached hydrogen (secondary N) is 2. The fourth-order valence-electron chi connectivity index (χ4n) is 2.77. The maximum absolute atomic E-state index is 12.7. The van der Waals surface area contributed by atoms with Crippen molar-refractivity contribution in [2.45, 2.75) is 36.7 Å². The number of hydrogen-bond donors (Lipinski definition) is 2. The van der Waals surface area contributed by atoms with Crippen molar-refractivity contribution in [3.05, 3.63) is 16.6 Å². The second-order valence-electron chi connectivity index (χ2n) is 5.62. The van der Waals surface area contributed by atoms with Crippen LogP contribution < -0.4 is 19.5 Å². The molecule has 0 aliphatic carbocycles. The molecule has 1 aromatic carbocycles. The van der Waals surface area contributed by atoms with Crippen LogP contribution in [0.15, 0.2) is 21.5 Å². The van der Waals surface area contributed by atoms with E-state index in [1.54, 1.807) is 6.07 Å². The van der Waals surface area contributed by atoms with Gasteiger partial charge in [0.25, 0.3) is 0 Å². The molecule has 9 heteroatoms. The molecule has 1 fully saturated rings. The van der Waals surface area contributed by atoms with Gasteiger partial charge in [-0.2, -0.15) is 0 Å². The van der Waals surface area contributed by atoms with E-state index < -0.39 is 10.0 Å². The van der Waals surface area contributed by atoms with E-state index in [-0.39, 0.29) is 23.3 Å². The predicted octanol–water partition coefficient (Wildman–Crippen LogP) is 2.06. The average Bonchev–Trinajstić information content (AvgIpc) is 2.46. The highest BCUT2D eigenvalue weighted by atomic mass is 79.9. The van der Waals surface area contributed by atoms with E-state index in [1.807, 2.05) is 0 Å². The third-order valence-corrected chi connectivity index (χ3v) is 6.31. The minimum atomic E-state index is -3.61. The van der Waals surface area contributed by atoms with Crippen LogP contribution >= 0.6 is 28.3 Å². The summed E-state index contributed by atoms with van der Waals surface area (Å²) in [4.78, 5) is 0.183. The Bertz CT molecular complexity index is 671. The minimum Gasteiger partial charge on any atom is -0.486 e. The topological polar surface area (TPSA) is 76.7 Å². The van der Waals surface area contributed by atoms with Crippen molar-refractivity contribution in [2.24, 2.45) is 0 Å². The molecule has 0 amide bonds. The van der Waals surface area contributed by atoms with Gasteiger partial charge in [-0.25, -0.2) is 13.1 Å². The fraction of sp³-hybridized carbons (Fsp3) is 0.571. The zero-order valence-corrected chi connectivity index (χ0v) is 15.9. The molecule has 2 aliphatic heterocycles.